The van der Waals surface area contributed by atoms with E-state index >= 15 is 0 Å². The van der Waals surface area contributed by atoms with Crippen LogP contribution >= 0.6 is 0 Å². The Bertz CT molecular complexity index is 515. The summed E-state index contributed by atoms with van der Waals surface area (Å²) in [6, 6.07) is 0. The van der Waals surface area contributed by atoms with Gasteiger partial charge < -0.3 is 0 Å². The van der Waals surface area contributed by atoms with Crippen molar-refractivity contribution in [2.45, 2.75) is 131 Å². The molecule has 0 radical (unpaired) electrons. The van der Waals surface area contributed by atoms with Gasteiger partial charge in [-0.15, -0.1) is 0 Å². The van der Waals surface area contributed by atoms with Crippen molar-refractivity contribution in [2.75, 3.05) is 0 Å². The molecular formula is C28H58. The minimum absolute atomic E-state index is 0.188. The van der Waals surface area contributed by atoms with Crippen molar-refractivity contribution in [3.63, 3.8) is 0 Å². The van der Waals surface area contributed by atoms with Crippen LogP contribution in [0.3, 0.4) is 0 Å². The Morgan fingerprint density at radius 3 is 1.11 bits per heavy atom. The molecular weight excluding hydrogens is 336 g/mol. The molecule has 170 valence electrons. The van der Waals surface area contributed by atoms with Crippen LogP contribution < -0.4 is 0 Å². The van der Waals surface area contributed by atoms with Crippen LogP contribution in [0.2, 0.25) is 0 Å². The van der Waals surface area contributed by atoms with Crippen LogP contribution in [0.4, 0.5) is 0 Å². The van der Waals surface area contributed by atoms with Gasteiger partial charge in [0.25, 0.3) is 0 Å². The van der Waals surface area contributed by atoms with E-state index < -0.39 is 0 Å². The van der Waals surface area contributed by atoms with Crippen molar-refractivity contribution in [1.29, 1.82) is 0 Å². The summed E-state index contributed by atoms with van der Waals surface area (Å²) in [7, 11) is 0. The Morgan fingerprint density at radius 2 is 0.821 bits per heavy atom. The Labute approximate surface area is 181 Å². The Kier molecular flexibility index (Phi) is 7.60. The lowest BCUT2D eigenvalue weighted by Crippen LogP contribution is -2.57. The van der Waals surface area contributed by atoms with Gasteiger partial charge in [0.05, 0.1) is 0 Å². The molecule has 0 spiro atoms. The third-order valence-electron chi connectivity index (χ3n) is 11.8. The molecule has 0 aliphatic carbocycles. The molecule has 0 heterocycles. The van der Waals surface area contributed by atoms with Gasteiger partial charge in [0.1, 0.15) is 0 Å². The van der Waals surface area contributed by atoms with Crippen LogP contribution in [0.5, 0.6) is 0 Å². The van der Waals surface area contributed by atoms with Gasteiger partial charge in [0, 0.05) is 0 Å². The van der Waals surface area contributed by atoms with Gasteiger partial charge in [0.15, 0.2) is 0 Å². The molecule has 0 aromatic heterocycles. The molecule has 0 saturated carbocycles. The van der Waals surface area contributed by atoms with E-state index in [1.165, 1.54) is 6.42 Å². The third kappa shape index (κ3) is 4.23. The monoisotopic (exact) mass is 394 g/mol. The molecule has 0 nitrogen and oxygen atoms in total. The fourth-order valence-electron chi connectivity index (χ4n) is 5.21. The van der Waals surface area contributed by atoms with Crippen LogP contribution in [0.1, 0.15) is 131 Å². The van der Waals surface area contributed by atoms with Crippen LogP contribution in [0.15, 0.2) is 0 Å². The fourth-order valence-corrected chi connectivity index (χ4v) is 5.21. The molecule has 1 atom stereocenters. The van der Waals surface area contributed by atoms with Gasteiger partial charge in [-0.3, -0.25) is 0 Å². The van der Waals surface area contributed by atoms with E-state index in [4.69, 9.17) is 0 Å². The van der Waals surface area contributed by atoms with E-state index in [2.05, 4.69) is 125 Å². The highest BCUT2D eigenvalue weighted by atomic mass is 14.6. The maximum Gasteiger partial charge on any atom is -0.0242 e. The van der Waals surface area contributed by atoms with Crippen LogP contribution in [-0.2, 0) is 0 Å². The number of hydrogen-bond acceptors (Lipinski definition) is 0. The van der Waals surface area contributed by atoms with Crippen molar-refractivity contribution in [2.24, 2.45) is 49.7 Å². The first-order valence-corrected chi connectivity index (χ1v) is 11.8. The number of rotatable bonds is 8. The summed E-state index contributed by atoms with van der Waals surface area (Å²) >= 11 is 0. The molecule has 0 bridgehead atoms. The molecule has 28 heavy (non-hydrogen) atoms. The SMILES string of the molecule is CC(C)C(C)(C)C(C)(C)CC(C)C(C)(C)C(C)(C)C(C)(C)C(C)(C)C(C)(C)C. The van der Waals surface area contributed by atoms with E-state index in [0.717, 1.165) is 0 Å². The topological polar surface area (TPSA) is 0 Å². The zero-order chi connectivity index (χ0) is 23.4. The summed E-state index contributed by atoms with van der Waals surface area (Å²) < 4.78 is 0. The van der Waals surface area contributed by atoms with Crippen molar-refractivity contribution in [1.82, 2.24) is 0 Å². The molecule has 0 heteroatoms. The van der Waals surface area contributed by atoms with Gasteiger partial charge in [-0.2, -0.15) is 0 Å². The van der Waals surface area contributed by atoms with E-state index in [9.17, 15) is 0 Å². The van der Waals surface area contributed by atoms with Gasteiger partial charge in [0.2, 0.25) is 0 Å². The Hall–Kier alpha value is 0. The molecule has 0 aliphatic rings. The molecule has 0 fully saturated rings. The fraction of sp³-hybridized carbons (Fsp3) is 1.00. The predicted octanol–water partition coefficient (Wildman–Crippen LogP) is 9.87. The third-order valence-corrected chi connectivity index (χ3v) is 11.8. The van der Waals surface area contributed by atoms with E-state index in [1.54, 1.807) is 0 Å². The average Bonchev–Trinajstić information content (AvgIpc) is 2.44. The van der Waals surface area contributed by atoms with Gasteiger partial charge in [-0.05, 0) is 56.2 Å². The number of hydrogen-bond donors (Lipinski definition) is 0. The zero-order valence-corrected chi connectivity index (χ0v) is 23.4. The second-order valence-corrected chi connectivity index (χ2v) is 14.7. The first-order chi connectivity index (χ1) is 11.8. The molecule has 1 unspecified atom stereocenters. The molecule has 0 aromatic carbocycles. The van der Waals surface area contributed by atoms with Gasteiger partial charge in [-0.25, -0.2) is 0 Å². The lowest BCUT2D eigenvalue weighted by atomic mass is 9.40. The van der Waals surface area contributed by atoms with Crippen molar-refractivity contribution >= 4 is 0 Å². The molecule has 0 N–H and O–H groups in total. The predicted molar refractivity (Wildman–Crippen MR) is 131 cm³/mol. The summed E-state index contributed by atoms with van der Waals surface area (Å²) in [5.74, 6) is 1.33. The standard InChI is InChI=1S/C28H58/c1-20(2)24(9,10)23(7,8)19-21(3)25(11,12)27(15,16)28(17,18)26(13,14)22(4,5)6/h20-21H,19H2,1-18H3. The largest absolute Gasteiger partial charge is 0.0622 e. The summed E-state index contributed by atoms with van der Waals surface area (Å²) in [6.45, 7) is 44.6. The van der Waals surface area contributed by atoms with Crippen LogP contribution in [0, 0.1) is 49.7 Å². The minimum Gasteiger partial charge on any atom is -0.0622 e. The minimum atomic E-state index is 0.188. The van der Waals surface area contributed by atoms with Crippen LogP contribution in [-0.4, -0.2) is 0 Å². The first-order valence-electron chi connectivity index (χ1n) is 11.8. The van der Waals surface area contributed by atoms with Gasteiger partial charge >= 0.3 is 0 Å². The summed E-state index contributed by atoms with van der Waals surface area (Å²) in [6.07, 6.45) is 1.26. The van der Waals surface area contributed by atoms with E-state index in [1.807, 2.05) is 0 Å². The Morgan fingerprint density at radius 1 is 0.464 bits per heavy atom. The summed E-state index contributed by atoms with van der Waals surface area (Å²) in [4.78, 5) is 0. The van der Waals surface area contributed by atoms with Crippen molar-refractivity contribution in [3.8, 4) is 0 Å². The van der Waals surface area contributed by atoms with Crippen molar-refractivity contribution < 1.29 is 0 Å². The van der Waals surface area contributed by atoms with Crippen LogP contribution in [0.25, 0.3) is 0 Å². The quantitative estimate of drug-likeness (QED) is 0.384. The van der Waals surface area contributed by atoms with E-state index in [0.29, 0.717) is 22.7 Å². The lowest BCUT2D eigenvalue weighted by molar-refractivity contribution is -0.157. The maximum absolute atomic E-state index is 2.54. The smallest absolute Gasteiger partial charge is 0.0242 e. The van der Waals surface area contributed by atoms with Crippen molar-refractivity contribution in [3.05, 3.63) is 0 Å². The Balaban J connectivity index is 6.10. The highest BCUT2D eigenvalue weighted by Gasteiger charge is 2.59. The molecule has 0 aromatic rings. The van der Waals surface area contributed by atoms with Gasteiger partial charge in [-0.1, -0.05) is 125 Å². The summed E-state index contributed by atoms with van der Waals surface area (Å²) in [5, 5.41) is 0. The molecule has 0 amide bonds. The second-order valence-electron chi connectivity index (χ2n) is 14.7. The first kappa shape index (κ1) is 28.0. The maximum atomic E-state index is 2.54. The van der Waals surface area contributed by atoms with E-state index in [-0.39, 0.29) is 27.1 Å². The summed E-state index contributed by atoms with van der Waals surface area (Å²) in [5.41, 5.74) is 1.70. The second kappa shape index (κ2) is 7.60. The molecule has 0 saturated heterocycles. The highest BCUT2D eigenvalue weighted by molar-refractivity contribution is 5.07. The zero-order valence-electron chi connectivity index (χ0n) is 23.4. The average molecular weight is 395 g/mol. The highest BCUT2D eigenvalue weighted by Crippen LogP contribution is 2.66. The molecule has 0 rings (SSSR count). The normalized spacial score (nSPS) is 17.2. The molecule has 0 aliphatic heterocycles. The lowest BCUT2D eigenvalue weighted by Gasteiger charge is -2.64.